The van der Waals surface area contributed by atoms with E-state index in [0.717, 1.165) is 22.6 Å². The predicted octanol–water partition coefficient (Wildman–Crippen LogP) is 4.25. The van der Waals surface area contributed by atoms with Crippen LogP contribution in [0.1, 0.15) is 24.5 Å². The average molecular weight is 415 g/mol. The Labute approximate surface area is 172 Å². The van der Waals surface area contributed by atoms with Crippen LogP contribution in [0, 0.1) is 5.92 Å². The Hall–Kier alpha value is -3.06. The van der Waals surface area contributed by atoms with Crippen molar-refractivity contribution in [3.05, 3.63) is 58.9 Å². The first-order valence-electron chi connectivity index (χ1n) is 9.13. The number of halogens is 1. The molecule has 0 amide bonds. The molecule has 2 atom stereocenters. The molecule has 0 saturated heterocycles. The Morgan fingerprint density at radius 3 is 2.76 bits per heavy atom. The first-order chi connectivity index (χ1) is 14.0. The number of esters is 1. The van der Waals surface area contributed by atoms with E-state index in [1.165, 1.54) is 0 Å². The quantitative estimate of drug-likeness (QED) is 0.577. The van der Waals surface area contributed by atoms with Gasteiger partial charge in [-0.1, -0.05) is 11.6 Å². The molecule has 29 heavy (non-hydrogen) atoms. The van der Waals surface area contributed by atoms with Crippen LogP contribution in [0.15, 0.2) is 46.9 Å². The third-order valence-electron chi connectivity index (χ3n) is 4.68. The predicted molar refractivity (Wildman–Crippen MR) is 105 cm³/mol. The second-order valence-corrected chi connectivity index (χ2v) is 7.15. The monoisotopic (exact) mass is 414 g/mol. The molecule has 3 aromatic rings. The highest BCUT2D eigenvalue weighted by atomic mass is 35.5. The van der Waals surface area contributed by atoms with Crippen LogP contribution in [0.2, 0.25) is 5.02 Å². The normalized spacial score (nSPS) is 16.4. The summed E-state index contributed by atoms with van der Waals surface area (Å²) >= 11 is 6.03. The summed E-state index contributed by atoms with van der Waals surface area (Å²) in [6, 6.07) is 12.6. The Morgan fingerprint density at radius 2 is 2.00 bits per heavy atom. The topological polar surface area (TPSA) is 83.7 Å². The number of hydrogen-bond donors (Lipinski definition) is 0. The van der Waals surface area contributed by atoms with Gasteiger partial charge < -0.3 is 18.6 Å². The summed E-state index contributed by atoms with van der Waals surface area (Å²) in [5.74, 6) is 1.24. The Balaban J connectivity index is 1.41. The van der Waals surface area contributed by atoms with E-state index in [1.54, 1.807) is 44.4 Å². The van der Waals surface area contributed by atoms with Crippen molar-refractivity contribution in [3.8, 4) is 23.0 Å². The zero-order valence-corrected chi connectivity index (χ0v) is 16.7. The number of fused-ring (bicyclic) bond motifs is 1. The number of nitrogens with zero attached hydrogens (tertiary/aromatic N) is 2. The number of carbonyl (C=O) groups excluding carboxylic acids is 1. The number of aromatic nitrogens is 2. The van der Waals surface area contributed by atoms with Crippen molar-refractivity contribution in [2.24, 2.45) is 5.92 Å². The van der Waals surface area contributed by atoms with E-state index < -0.39 is 12.0 Å². The number of rotatable bonds is 5. The molecule has 0 radical (unpaired) electrons. The molecule has 0 N–H and O–H groups in total. The fraction of sp³-hybridized carbons (Fsp3) is 0.286. The number of hydrogen-bond acceptors (Lipinski definition) is 7. The van der Waals surface area contributed by atoms with Gasteiger partial charge in [0.15, 0.2) is 6.10 Å². The molecular formula is C21H19ClN2O5. The van der Waals surface area contributed by atoms with Gasteiger partial charge in [0, 0.05) is 10.6 Å². The SMILES string of the molecule is COc1ccc(-c2nnc([C@H](C)OC(=O)[C@H]3COc4ccc(Cl)cc4C3)o2)cc1. The molecule has 0 aliphatic carbocycles. The molecule has 1 aromatic heterocycles. The molecule has 2 heterocycles. The van der Waals surface area contributed by atoms with Crippen LogP contribution in [0.4, 0.5) is 0 Å². The lowest BCUT2D eigenvalue weighted by atomic mass is 9.97. The maximum absolute atomic E-state index is 12.6. The van der Waals surface area contributed by atoms with Gasteiger partial charge in [0.05, 0.1) is 13.0 Å². The molecule has 0 bridgehead atoms. The van der Waals surface area contributed by atoms with Crippen molar-refractivity contribution in [1.82, 2.24) is 10.2 Å². The summed E-state index contributed by atoms with van der Waals surface area (Å²) in [5.41, 5.74) is 1.63. The number of benzene rings is 2. The van der Waals surface area contributed by atoms with Gasteiger partial charge in [0.1, 0.15) is 18.1 Å². The minimum Gasteiger partial charge on any atom is -0.497 e. The smallest absolute Gasteiger partial charge is 0.313 e. The van der Waals surface area contributed by atoms with Gasteiger partial charge >= 0.3 is 5.97 Å². The van der Waals surface area contributed by atoms with E-state index >= 15 is 0 Å². The summed E-state index contributed by atoms with van der Waals surface area (Å²) in [7, 11) is 1.60. The summed E-state index contributed by atoms with van der Waals surface area (Å²) in [6.07, 6.45) is -0.176. The lowest BCUT2D eigenvalue weighted by Crippen LogP contribution is -2.30. The summed E-state index contributed by atoms with van der Waals surface area (Å²) in [4.78, 5) is 12.6. The molecule has 0 saturated carbocycles. The van der Waals surface area contributed by atoms with Crippen LogP contribution in [-0.4, -0.2) is 29.9 Å². The third kappa shape index (κ3) is 4.19. The van der Waals surface area contributed by atoms with Crippen LogP contribution in [0.25, 0.3) is 11.5 Å². The molecule has 0 spiro atoms. The lowest BCUT2D eigenvalue weighted by Gasteiger charge is -2.24. The molecule has 0 unspecified atom stereocenters. The van der Waals surface area contributed by atoms with Gasteiger partial charge in [0.25, 0.3) is 5.89 Å². The Kier molecular flexibility index (Phi) is 5.40. The second-order valence-electron chi connectivity index (χ2n) is 6.72. The lowest BCUT2D eigenvalue weighted by molar-refractivity contribution is -0.156. The zero-order valence-electron chi connectivity index (χ0n) is 15.9. The highest BCUT2D eigenvalue weighted by Crippen LogP contribution is 2.31. The van der Waals surface area contributed by atoms with E-state index in [1.807, 2.05) is 12.1 Å². The molecular weight excluding hydrogens is 396 g/mol. The van der Waals surface area contributed by atoms with E-state index in [2.05, 4.69) is 10.2 Å². The van der Waals surface area contributed by atoms with Crippen molar-refractivity contribution in [1.29, 1.82) is 0 Å². The fourth-order valence-corrected chi connectivity index (χ4v) is 3.28. The van der Waals surface area contributed by atoms with Crippen molar-refractivity contribution in [2.45, 2.75) is 19.4 Å². The molecule has 4 rings (SSSR count). The molecule has 150 valence electrons. The van der Waals surface area contributed by atoms with Gasteiger partial charge in [-0.3, -0.25) is 4.79 Å². The van der Waals surface area contributed by atoms with Crippen LogP contribution in [0.5, 0.6) is 11.5 Å². The molecule has 2 aromatic carbocycles. The molecule has 8 heteroatoms. The van der Waals surface area contributed by atoms with Crippen molar-refractivity contribution in [2.75, 3.05) is 13.7 Å². The number of ether oxygens (including phenoxy) is 3. The van der Waals surface area contributed by atoms with Crippen molar-refractivity contribution >= 4 is 17.6 Å². The van der Waals surface area contributed by atoms with Crippen LogP contribution >= 0.6 is 11.6 Å². The minimum atomic E-state index is -0.678. The van der Waals surface area contributed by atoms with E-state index in [9.17, 15) is 4.79 Å². The Bertz CT molecular complexity index is 1020. The molecule has 1 aliphatic rings. The summed E-state index contributed by atoms with van der Waals surface area (Å²) in [5, 5.41) is 8.64. The molecule has 1 aliphatic heterocycles. The van der Waals surface area contributed by atoms with Crippen LogP contribution in [0.3, 0.4) is 0 Å². The van der Waals surface area contributed by atoms with Crippen LogP contribution < -0.4 is 9.47 Å². The largest absolute Gasteiger partial charge is 0.497 e. The van der Waals surface area contributed by atoms with Gasteiger partial charge in [-0.05, 0) is 61.4 Å². The minimum absolute atomic E-state index is 0.226. The van der Waals surface area contributed by atoms with E-state index in [0.29, 0.717) is 17.3 Å². The van der Waals surface area contributed by atoms with Gasteiger partial charge in [-0.2, -0.15) is 0 Å². The average Bonchev–Trinajstić information content (AvgIpc) is 3.23. The number of methoxy groups -OCH3 is 1. The summed E-state index contributed by atoms with van der Waals surface area (Å²) in [6.45, 7) is 1.94. The Morgan fingerprint density at radius 1 is 1.21 bits per heavy atom. The highest BCUT2D eigenvalue weighted by molar-refractivity contribution is 6.30. The zero-order chi connectivity index (χ0) is 20.4. The second kappa shape index (κ2) is 8.13. The maximum Gasteiger partial charge on any atom is 0.313 e. The van der Waals surface area contributed by atoms with E-state index in [4.69, 9.17) is 30.2 Å². The van der Waals surface area contributed by atoms with Crippen molar-refractivity contribution < 1.29 is 23.4 Å². The third-order valence-corrected chi connectivity index (χ3v) is 4.92. The molecule has 0 fully saturated rings. The number of carbonyl (C=O) groups is 1. The summed E-state index contributed by atoms with van der Waals surface area (Å²) < 4.78 is 22.0. The van der Waals surface area contributed by atoms with Gasteiger partial charge in [-0.15, -0.1) is 10.2 Å². The van der Waals surface area contributed by atoms with Gasteiger partial charge in [-0.25, -0.2) is 0 Å². The first kappa shape index (κ1) is 19.3. The van der Waals surface area contributed by atoms with Crippen molar-refractivity contribution in [3.63, 3.8) is 0 Å². The fourth-order valence-electron chi connectivity index (χ4n) is 3.08. The first-order valence-corrected chi connectivity index (χ1v) is 9.51. The highest BCUT2D eigenvalue weighted by Gasteiger charge is 2.30. The van der Waals surface area contributed by atoms with E-state index in [-0.39, 0.29) is 18.5 Å². The standard InChI is InChI=1S/C21H19ClN2O5/c1-12(19-23-24-20(29-19)13-3-6-17(26-2)7-4-13)28-21(25)15-9-14-10-16(22)5-8-18(14)27-11-15/h3-8,10,12,15H,9,11H2,1-2H3/t12-,15+/m0/s1. The van der Waals surface area contributed by atoms with Crippen LogP contribution in [-0.2, 0) is 16.0 Å². The van der Waals surface area contributed by atoms with Gasteiger partial charge in [0.2, 0.25) is 5.89 Å². The maximum atomic E-state index is 12.6. The molecule has 7 nitrogen and oxygen atoms in total.